The van der Waals surface area contributed by atoms with Crippen molar-refractivity contribution < 1.29 is 17.9 Å². The van der Waals surface area contributed by atoms with Gasteiger partial charge in [0.15, 0.2) is 5.11 Å². The van der Waals surface area contributed by atoms with E-state index in [1.54, 1.807) is 24.3 Å². The van der Waals surface area contributed by atoms with E-state index in [-0.39, 0.29) is 16.1 Å². The third-order valence-corrected chi connectivity index (χ3v) is 4.88. The largest absolute Gasteiger partial charge is 0.490 e. The molecule has 11 heteroatoms. The summed E-state index contributed by atoms with van der Waals surface area (Å²) in [5, 5.41) is 5.39. The van der Waals surface area contributed by atoms with E-state index in [0.717, 1.165) is 0 Å². The second kappa shape index (κ2) is 9.34. The molecule has 0 unspecified atom stereocenters. The maximum Gasteiger partial charge on any atom is 0.285 e. The quantitative estimate of drug-likeness (QED) is 0.303. The van der Waals surface area contributed by atoms with E-state index < -0.39 is 21.9 Å². The predicted molar refractivity (Wildman–Crippen MR) is 115 cm³/mol. The third-order valence-electron chi connectivity index (χ3n) is 3.36. The molecule has 0 heterocycles. The predicted octanol–water partition coefficient (Wildman–Crippen LogP) is 1.56. The molecule has 0 saturated heterocycles. The molecule has 0 atom stereocenters. The number of hydrogen-bond acceptors (Lipinski definition) is 5. The summed E-state index contributed by atoms with van der Waals surface area (Å²) in [5.41, 5.74) is 11.0. The van der Waals surface area contributed by atoms with Crippen LogP contribution in [0.2, 0.25) is 0 Å². The Labute approximate surface area is 174 Å². The van der Waals surface area contributed by atoms with Crippen molar-refractivity contribution in [1.82, 2.24) is 5.32 Å². The first kappa shape index (κ1) is 22.1. The molecule has 9 nitrogen and oxygen atoms in total. The average molecular weight is 436 g/mol. The fraction of sp³-hybridized carbons (Fsp3) is 0.167. The first-order chi connectivity index (χ1) is 13.6. The van der Waals surface area contributed by atoms with Gasteiger partial charge in [0, 0.05) is 5.69 Å². The topological polar surface area (TPSA) is 149 Å². The molecule has 0 aromatic heterocycles. The fourth-order valence-electron chi connectivity index (χ4n) is 2.25. The van der Waals surface area contributed by atoms with E-state index in [0.29, 0.717) is 17.0 Å². The zero-order valence-corrected chi connectivity index (χ0v) is 17.4. The van der Waals surface area contributed by atoms with Crippen LogP contribution in [0.4, 0.5) is 5.69 Å². The number of nitrogens with one attached hydrogen (secondary N) is 2. The zero-order chi connectivity index (χ0) is 21.6. The smallest absolute Gasteiger partial charge is 0.285 e. The van der Waals surface area contributed by atoms with Gasteiger partial charge in [-0.15, -0.1) is 4.40 Å². The maximum absolute atomic E-state index is 12.5. The second-order valence-electron chi connectivity index (χ2n) is 6.09. The van der Waals surface area contributed by atoms with E-state index in [9.17, 15) is 13.2 Å². The number of hydrogen-bond donors (Lipinski definition) is 4. The van der Waals surface area contributed by atoms with E-state index in [1.807, 2.05) is 13.8 Å². The van der Waals surface area contributed by atoms with E-state index in [2.05, 4.69) is 15.0 Å². The minimum absolute atomic E-state index is 0.0363. The van der Waals surface area contributed by atoms with Crippen molar-refractivity contribution in [3.05, 3.63) is 54.1 Å². The summed E-state index contributed by atoms with van der Waals surface area (Å²) in [6.45, 7) is 3.72. The zero-order valence-electron chi connectivity index (χ0n) is 15.7. The van der Waals surface area contributed by atoms with Gasteiger partial charge in [0.25, 0.3) is 15.9 Å². The Hall–Kier alpha value is -3.18. The molecule has 0 saturated carbocycles. The van der Waals surface area contributed by atoms with Gasteiger partial charge in [-0.1, -0.05) is 12.1 Å². The van der Waals surface area contributed by atoms with Crippen LogP contribution < -0.4 is 26.8 Å². The van der Waals surface area contributed by atoms with Crippen LogP contribution in [0.25, 0.3) is 0 Å². The lowest BCUT2D eigenvalue weighted by Crippen LogP contribution is -2.34. The summed E-state index contributed by atoms with van der Waals surface area (Å²) in [5.74, 6) is -0.555. The van der Waals surface area contributed by atoms with Gasteiger partial charge in [-0.25, -0.2) is 0 Å². The normalized spacial score (nSPS) is 10.9. The molecule has 2 rings (SSSR count). The molecular formula is C18H21N5O4S2. The van der Waals surface area contributed by atoms with E-state index in [1.165, 1.54) is 24.3 Å². The minimum Gasteiger partial charge on any atom is -0.490 e. The van der Waals surface area contributed by atoms with E-state index >= 15 is 0 Å². The average Bonchev–Trinajstić information content (AvgIpc) is 2.60. The lowest BCUT2D eigenvalue weighted by molar-refractivity contribution is 0.0972. The standard InChI is InChI=1S/C18H21N5O4S2/c1-11(2)27-15-6-4-3-5-14(15)16(24)22-18(28)21-12-7-9-13(10-8-12)29(25,26)23-17(19)20/h3-11H,1-2H3,(H4,19,20,23)(H2,21,22,24,28). The molecular weight excluding hydrogens is 414 g/mol. The van der Waals surface area contributed by atoms with Crippen molar-refractivity contribution in [2.75, 3.05) is 5.32 Å². The van der Waals surface area contributed by atoms with Crippen LogP contribution in [0.15, 0.2) is 57.8 Å². The summed E-state index contributed by atoms with van der Waals surface area (Å²) in [6, 6.07) is 12.3. The Bertz CT molecular complexity index is 1030. The number of benzene rings is 2. The molecule has 2 aromatic carbocycles. The van der Waals surface area contributed by atoms with Crippen molar-refractivity contribution in [2.45, 2.75) is 24.8 Å². The first-order valence-corrected chi connectivity index (χ1v) is 10.3. The van der Waals surface area contributed by atoms with Crippen LogP contribution in [0.3, 0.4) is 0 Å². The van der Waals surface area contributed by atoms with Gasteiger partial charge in [-0.3, -0.25) is 10.1 Å². The number of nitrogens with two attached hydrogens (primary N) is 2. The van der Waals surface area contributed by atoms with Crippen molar-refractivity contribution >= 4 is 44.9 Å². The van der Waals surface area contributed by atoms with E-state index in [4.69, 9.17) is 28.4 Å². The number of carbonyl (C=O) groups excluding carboxylic acids is 1. The summed E-state index contributed by atoms with van der Waals surface area (Å²) in [4.78, 5) is 12.4. The number of nitrogens with zero attached hydrogens (tertiary/aromatic N) is 1. The van der Waals surface area contributed by atoms with Gasteiger partial charge in [0.05, 0.1) is 16.6 Å². The number of ether oxygens (including phenoxy) is 1. The molecule has 0 aliphatic carbocycles. The molecule has 0 spiro atoms. The molecule has 0 bridgehead atoms. The number of guanidine groups is 1. The highest BCUT2D eigenvalue weighted by molar-refractivity contribution is 7.90. The molecule has 1 amide bonds. The van der Waals surface area contributed by atoms with Gasteiger partial charge in [0.2, 0.25) is 5.96 Å². The van der Waals surface area contributed by atoms with Gasteiger partial charge in [0.1, 0.15) is 5.75 Å². The summed E-state index contributed by atoms with van der Waals surface area (Å²) in [6.07, 6.45) is -0.0947. The monoisotopic (exact) mass is 435 g/mol. The van der Waals surface area contributed by atoms with Crippen LogP contribution in [0, 0.1) is 0 Å². The molecule has 2 aromatic rings. The Balaban J connectivity index is 2.07. The number of amides is 1. The van der Waals surface area contributed by atoms with Crippen LogP contribution in [-0.2, 0) is 10.0 Å². The van der Waals surface area contributed by atoms with Crippen molar-refractivity contribution in [1.29, 1.82) is 0 Å². The fourth-order valence-corrected chi connectivity index (χ4v) is 3.32. The lowest BCUT2D eigenvalue weighted by Gasteiger charge is -2.15. The number of rotatable bonds is 6. The Kier molecular flexibility index (Phi) is 7.13. The third kappa shape index (κ3) is 6.43. The van der Waals surface area contributed by atoms with Crippen LogP contribution in [0.5, 0.6) is 5.75 Å². The van der Waals surface area contributed by atoms with Crippen molar-refractivity contribution in [3.63, 3.8) is 0 Å². The van der Waals surface area contributed by atoms with Gasteiger partial charge < -0.3 is 21.5 Å². The first-order valence-electron chi connectivity index (χ1n) is 8.42. The Morgan fingerprint density at radius 2 is 1.72 bits per heavy atom. The molecule has 0 radical (unpaired) electrons. The highest BCUT2D eigenvalue weighted by Gasteiger charge is 2.15. The van der Waals surface area contributed by atoms with Crippen LogP contribution in [0.1, 0.15) is 24.2 Å². The van der Waals surface area contributed by atoms with Gasteiger partial charge in [-0.2, -0.15) is 8.42 Å². The molecule has 0 fully saturated rings. The Morgan fingerprint density at radius 1 is 1.10 bits per heavy atom. The SMILES string of the molecule is CC(C)Oc1ccccc1C(=O)NC(=S)Nc1ccc(S(=O)(=O)N=C(N)N)cc1. The molecule has 0 aliphatic rings. The lowest BCUT2D eigenvalue weighted by atomic mass is 10.2. The van der Waals surface area contributed by atoms with Crippen LogP contribution in [-0.4, -0.2) is 31.5 Å². The van der Waals surface area contributed by atoms with Crippen molar-refractivity contribution in [2.24, 2.45) is 15.9 Å². The maximum atomic E-state index is 12.5. The van der Waals surface area contributed by atoms with Crippen molar-refractivity contribution in [3.8, 4) is 5.75 Å². The highest BCUT2D eigenvalue weighted by atomic mass is 32.2. The number of thiocarbonyl (C=S) groups is 1. The summed E-state index contributed by atoms with van der Waals surface area (Å²) < 4.78 is 32.7. The summed E-state index contributed by atoms with van der Waals surface area (Å²) in [7, 11) is -3.98. The van der Waals surface area contributed by atoms with Gasteiger partial charge in [-0.05, 0) is 62.5 Å². The second-order valence-corrected chi connectivity index (χ2v) is 8.10. The highest BCUT2D eigenvalue weighted by Crippen LogP contribution is 2.20. The number of para-hydroxylation sites is 1. The minimum atomic E-state index is -3.98. The molecule has 29 heavy (non-hydrogen) atoms. The molecule has 154 valence electrons. The number of anilines is 1. The summed E-state index contributed by atoms with van der Waals surface area (Å²) >= 11 is 5.15. The van der Waals surface area contributed by atoms with Crippen LogP contribution >= 0.6 is 12.2 Å². The Morgan fingerprint density at radius 3 is 2.31 bits per heavy atom. The van der Waals surface area contributed by atoms with Gasteiger partial charge >= 0.3 is 0 Å². The number of sulfonamides is 1. The molecule has 0 aliphatic heterocycles. The molecule has 6 N–H and O–H groups in total. The number of carbonyl (C=O) groups is 1.